The van der Waals surface area contributed by atoms with Crippen LogP contribution in [0.1, 0.15) is 13.8 Å². The molecular formula is C15H16N2O4S. The van der Waals surface area contributed by atoms with Crippen LogP contribution in [0.15, 0.2) is 53.4 Å². The zero-order valence-corrected chi connectivity index (χ0v) is 13.0. The molecule has 7 heteroatoms. The van der Waals surface area contributed by atoms with Crippen LogP contribution in [0.25, 0.3) is 11.1 Å². The van der Waals surface area contributed by atoms with Gasteiger partial charge in [0.2, 0.25) is 10.0 Å². The van der Waals surface area contributed by atoms with Crippen molar-refractivity contribution in [3.05, 3.63) is 58.6 Å². The van der Waals surface area contributed by atoms with E-state index in [1.807, 2.05) is 0 Å². The van der Waals surface area contributed by atoms with Crippen molar-refractivity contribution >= 4 is 15.7 Å². The molecule has 2 aromatic rings. The average molecular weight is 320 g/mol. The smallest absolute Gasteiger partial charge is 0.258 e. The normalized spacial score (nSPS) is 11.6. The van der Waals surface area contributed by atoms with Crippen molar-refractivity contribution in [3.8, 4) is 11.1 Å². The Morgan fingerprint density at radius 3 is 2.18 bits per heavy atom. The molecule has 22 heavy (non-hydrogen) atoms. The Labute approximate surface area is 129 Å². The minimum absolute atomic E-state index is 0.0154. The summed E-state index contributed by atoms with van der Waals surface area (Å²) in [6.07, 6.45) is 0. The van der Waals surface area contributed by atoms with Crippen molar-refractivity contribution < 1.29 is 13.3 Å². The summed E-state index contributed by atoms with van der Waals surface area (Å²) in [6, 6.07) is 12.1. The first-order valence-electron chi connectivity index (χ1n) is 6.67. The van der Waals surface area contributed by atoms with E-state index < -0.39 is 14.9 Å². The van der Waals surface area contributed by atoms with E-state index in [2.05, 4.69) is 4.72 Å². The summed E-state index contributed by atoms with van der Waals surface area (Å²) >= 11 is 0. The minimum Gasteiger partial charge on any atom is -0.258 e. The number of hydrogen-bond donors (Lipinski definition) is 1. The van der Waals surface area contributed by atoms with Gasteiger partial charge in [-0.05, 0) is 37.6 Å². The number of hydrogen-bond acceptors (Lipinski definition) is 4. The molecule has 0 radical (unpaired) electrons. The predicted octanol–water partition coefficient (Wildman–Crippen LogP) is 2.95. The van der Waals surface area contributed by atoms with Gasteiger partial charge in [-0.15, -0.1) is 0 Å². The molecule has 0 aliphatic carbocycles. The van der Waals surface area contributed by atoms with E-state index in [4.69, 9.17) is 0 Å². The zero-order chi connectivity index (χ0) is 16.3. The highest BCUT2D eigenvalue weighted by molar-refractivity contribution is 7.89. The van der Waals surface area contributed by atoms with Gasteiger partial charge >= 0.3 is 0 Å². The SMILES string of the molecule is CC(C)NS(=O)(=O)c1ccc(-c2ccccc2[N+](=O)[O-])cc1. The van der Waals surface area contributed by atoms with Gasteiger partial charge in [0.15, 0.2) is 0 Å². The van der Waals surface area contributed by atoms with Gasteiger partial charge in [-0.3, -0.25) is 10.1 Å². The van der Waals surface area contributed by atoms with Gasteiger partial charge in [-0.2, -0.15) is 0 Å². The third-order valence-corrected chi connectivity index (χ3v) is 4.64. The lowest BCUT2D eigenvalue weighted by Gasteiger charge is -2.10. The van der Waals surface area contributed by atoms with Gasteiger partial charge in [-0.1, -0.05) is 24.3 Å². The Kier molecular flexibility index (Phi) is 4.58. The lowest BCUT2D eigenvalue weighted by molar-refractivity contribution is -0.384. The summed E-state index contributed by atoms with van der Waals surface area (Å²) in [5.41, 5.74) is 1.03. The van der Waals surface area contributed by atoms with Gasteiger partial charge in [0.1, 0.15) is 0 Å². The molecule has 0 amide bonds. The van der Waals surface area contributed by atoms with Crippen LogP contribution >= 0.6 is 0 Å². The highest BCUT2D eigenvalue weighted by Crippen LogP contribution is 2.30. The monoisotopic (exact) mass is 320 g/mol. The molecule has 0 saturated carbocycles. The average Bonchev–Trinajstić information content (AvgIpc) is 2.46. The van der Waals surface area contributed by atoms with E-state index in [1.54, 1.807) is 44.2 Å². The number of nitrogens with zero attached hydrogens (tertiary/aromatic N) is 1. The molecule has 0 bridgehead atoms. The Hall–Kier alpha value is -2.25. The second kappa shape index (κ2) is 6.25. The summed E-state index contributed by atoms with van der Waals surface area (Å²) in [4.78, 5) is 10.7. The molecule has 2 aromatic carbocycles. The quantitative estimate of drug-likeness (QED) is 0.677. The van der Waals surface area contributed by atoms with Crippen molar-refractivity contribution in [1.29, 1.82) is 0 Å². The van der Waals surface area contributed by atoms with Gasteiger partial charge in [0.25, 0.3) is 5.69 Å². The summed E-state index contributed by atoms with van der Waals surface area (Å²) in [5.74, 6) is 0. The molecule has 0 fully saturated rings. The molecule has 0 aromatic heterocycles. The molecule has 0 saturated heterocycles. The summed E-state index contributed by atoms with van der Waals surface area (Å²) in [6.45, 7) is 3.47. The van der Waals surface area contributed by atoms with Crippen LogP contribution in [0.3, 0.4) is 0 Å². The van der Waals surface area contributed by atoms with E-state index in [9.17, 15) is 18.5 Å². The van der Waals surface area contributed by atoms with Crippen molar-refractivity contribution in [2.24, 2.45) is 0 Å². The second-order valence-electron chi connectivity index (χ2n) is 5.07. The number of nitro benzene ring substituents is 1. The molecule has 0 heterocycles. The first kappa shape index (κ1) is 16.1. The molecule has 0 aliphatic rings. The largest absolute Gasteiger partial charge is 0.277 e. The second-order valence-corrected chi connectivity index (χ2v) is 6.79. The fourth-order valence-electron chi connectivity index (χ4n) is 2.07. The molecule has 0 aliphatic heterocycles. The van der Waals surface area contributed by atoms with Crippen molar-refractivity contribution in [3.63, 3.8) is 0 Å². The summed E-state index contributed by atoms with van der Waals surface area (Å²) < 4.78 is 26.6. The fourth-order valence-corrected chi connectivity index (χ4v) is 3.32. The topological polar surface area (TPSA) is 89.3 Å². The van der Waals surface area contributed by atoms with E-state index in [0.29, 0.717) is 11.1 Å². The van der Waals surface area contributed by atoms with Crippen molar-refractivity contribution in [2.45, 2.75) is 24.8 Å². The molecule has 0 unspecified atom stereocenters. The number of nitro groups is 1. The Bertz CT molecular complexity index is 783. The third-order valence-electron chi connectivity index (χ3n) is 2.97. The molecule has 2 rings (SSSR count). The van der Waals surface area contributed by atoms with Crippen LogP contribution < -0.4 is 4.72 Å². The summed E-state index contributed by atoms with van der Waals surface area (Å²) in [5, 5.41) is 11.0. The van der Waals surface area contributed by atoms with E-state index >= 15 is 0 Å². The highest BCUT2D eigenvalue weighted by atomic mass is 32.2. The number of sulfonamides is 1. The Balaban J connectivity index is 2.40. The lowest BCUT2D eigenvalue weighted by atomic mass is 10.0. The number of nitrogens with one attached hydrogen (secondary N) is 1. The van der Waals surface area contributed by atoms with Gasteiger partial charge < -0.3 is 0 Å². The first-order valence-corrected chi connectivity index (χ1v) is 8.16. The maximum absolute atomic E-state index is 12.0. The standard InChI is InChI=1S/C15H16N2O4S/c1-11(2)16-22(20,21)13-9-7-12(8-10-13)14-5-3-4-6-15(14)17(18)19/h3-11,16H,1-2H3. The number of para-hydroxylation sites is 1. The van der Waals surface area contributed by atoms with E-state index in [1.165, 1.54) is 18.2 Å². The molecule has 0 spiro atoms. The maximum Gasteiger partial charge on any atom is 0.277 e. The van der Waals surface area contributed by atoms with Crippen LogP contribution in [-0.4, -0.2) is 19.4 Å². The third kappa shape index (κ3) is 3.49. The molecule has 6 nitrogen and oxygen atoms in total. The predicted molar refractivity (Wildman–Crippen MR) is 84.0 cm³/mol. The maximum atomic E-state index is 12.0. The molecule has 0 atom stereocenters. The van der Waals surface area contributed by atoms with Crippen LogP contribution in [-0.2, 0) is 10.0 Å². The van der Waals surface area contributed by atoms with Gasteiger partial charge in [0.05, 0.1) is 15.4 Å². The van der Waals surface area contributed by atoms with Crippen LogP contribution in [0.4, 0.5) is 5.69 Å². The highest BCUT2D eigenvalue weighted by Gasteiger charge is 2.17. The van der Waals surface area contributed by atoms with E-state index in [0.717, 1.165) is 0 Å². The fraction of sp³-hybridized carbons (Fsp3) is 0.200. The van der Waals surface area contributed by atoms with Crippen molar-refractivity contribution in [2.75, 3.05) is 0 Å². The summed E-state index contributed by atoms with van der Waals surface area (Å²) in [7, 11) is -3.57. The number of rotatable bonds is 5. The molecule has 116 valence electrons. The Morgan fingerprint density at radius 1 is 1.05 bits per heavy atom. The number of benzene rings is 2. The van der Waals surface area contributed by atoms with Crippen LogP contribution in [0.5, 0.6) is 0 Å². The zero-order valence-electron chi connectivity index (χ0n) is 12.2. The molecule has 1 N–H and O–H groups in total. The van der Waals surface area contributed by atoms with Crippen LogP contribution in [0.2, 0.25) is 0 Å². The first-order chi connectivity index (χ1) is 10.3. The molecular weight excluding hydrogens is 304 g/mol. The minimum atomic E-state index is -3.57. The lowest BCUT2D eigenvalue weighted by Crippen LogP contribution is -2.30. The Morgan fingerprint density at radius 2 is 1.64 bits per heavy atom. The van der Waals surface area contributed by atoms with E-state index in [-0.39, 0.29) is 16.6 Å². The van der Waals surface area contributed by atoms with Crippen LogP contribution in [0, 0.1) is 10.1 Å². The van der Waals surface area contributed by atoms with Gasteiger partial charge in [0, 0.05) is 12.1 Å². The van der Waals surface area contributed by atoms with Gasteiger partial charge in [-0.25, -0.2) is 13.1 Å². The van der Waals surface area contributed by atoms with Crippen molar-refractivity contribution in [1.82, 2.24) is 4.72 Å².